The van der Waals surface area contributed by atoms with Crippen LogP contribution in [-0.2, 0) is 6.61 Å². The van der Waals surface area contributed by atoms with E-state index in [0.29, 0.717) is 11.3 Å². The number of ether oxygens (including phenoxy) is 1. The highest BCUT2D eigenvalue weighted by Crippen LogP contribution is 2.29. The molecule has 3 aromatic rings. The largest absolute Gasteiger partial charge is 0.487 e. The number of halogens is 3. The van der Waals surface area contributed by atoms with Gasteiger partial charge in [-0.2, -0.15) is 5.10 Å². The van der Waals surface area contributed by atoms with Crippen LogP contribution in [0.4, 0.5) is 10.1 Å². The predicted molar refractivity (Wildman–Crippen MR) is 131 cm³/mol. The number of benzene rings is 3. The molecule has 3 rings (SSSR count). The molecule has 1 N–H and O–H groups in total. The molecule has 3 aromatic carbocycles. The molecule has 0 fully saturated rings. The molecule has 0 aromatic heterocycles. The van der Waals surface area contributed by atoms with Gasteiger partial charge in [-0.05, 0) is 105 Å². The third-order valence-electron chi connectivity index (χ3n) is 4.04. The number of nitro benzene ring substituents is 1. The van der Waals surface area contributed by atoms with Gasteiger partial charge in [0.2, 0.25) is 0 Å². The minimum Gasteiger partial charge on any atom is -0.487 e. The van der Waals surface area contributed by atoms with Crippen LogP contribution in [0.15, 0.2) is 65.8 Å². The molecule has 7 nitrogen and oxygen atoms in total. The predicted octanol–water partition coefficient (Wildman–Crippen LogP) is 5.29. The summed E-state index contributed by atoms with van der Waals surface area (Å²) < 4.78 is 20.5. The van der Waals surface area contributed by atoms with Crippen molar-refractivity contribution in [2.75, 3.05) is 0 Å². The third kappa shape index (κ3) is 6.43. The molecule has 0 atom stereocenters. The van der Waals surface area contributed by atoms with E-state index >= 15 is 0 Å². The summed E-state index contributed by atoms with van der Waals surface area (Å²) >= 11 is 4.28. The Morgan fingerprint density at radius 3 is 2.29 bits per heavy atom. The Kier molecular flexibility index (Phi) is 7.90. The van der Waals surface area contributed by atoms with Crippen molar-refractivity contribution in [1.29, 1.82) is 0 Å². The SMILES string of the molecule is O=C(N/N=C\c1cc(I)c(OCc2ccc([N+](=O)[O-])cc2)c(I)c1)c1ccc(F)cc1. The maximum atomic E-state index is 12.9. The van der Waals surface area contributed by atoms with Gasteiger partial charge in [0.1, 0.15) is 18.2 Å². The summed E-state index contributed by atoms with van der Waals surface area (Å²) in [4.78, 5) is 22.3. The van der Waals surface area contributed by atoms with Gasteiger partial charge in [-0.25, -0.2) is 9.82 Å². The van der Waals surface area contributed by atoms with Crippen LogP contribution in [0.25, 0.3) is 0 Å². The van der Waals surface area contributed by atoms with Gasteiger partial charge in [-0.1, -0.05) is 0 Å². The van der Waals surface area contributed by atoms with Gasteiger partial charge in [0.25, 0.3) is 11.6 Å². The molecule has 0 unspecified atom stereocenters. The molecule has 0 radical (unpaired) electrons. The van der Waals surface area contributed by atoms with Crippen molar-refractivity contribution in [3.63, 3.8) is 0 Å². The van der Waals surface area contributed by atoms with Crippen LogP contribution in [0, 0.1) is 23.1 Å². The molecule has 0 aliphatic rings. The van der Waals surface area contributed by atoms with Crippen LogP contribution in [-0.4, -0.2) is 17.0 Å². The van der Waals surface area contributed by atoms with Crippen LogP contribution in [0.5, 0.6) is 5.75 Å². The van der Waals surface area contributed by atoms with Gasteiger partial charge < -0.3 is 4.74 Å². The Morgan fingerprint density at radius 1 is 1.10 bits per heavy atom. The fourth-order valence-corrected chi connectivity index (χ4v) is 4.62. The second-order valence-corrected chi connectivity index (χ2v) is 8.56. The second-order valence-electron chi connectivity index (χ2n) is 6.23. The van der Waals surface area contributed by atoms with Crippen molar-refractivity contribution in [3.05, 3.63) is 100 Å². The normalized spacial score (nSPS) is 10.8. The fraction of sp³-hybridized carbons (Fsp3) is 0.0476. The number of nitrogens with zero attached hydrogens (tertiary/aromatic N) is 2. The van der Waals surface area contributed by atoms with Crippen molar-refractivity contribution < 1.29 is 18.8 Å². The number of carbonyl (C=O) groups excluding carboxylic acids is 1. The maximum Gasteiger partial charge on any atom is 0.271 e. The van der Waals surface area contributed by atoms with Gasteiger partial charge >= 0.3 is 0 Å². The number of rotatable bonds is 7. The lowest BCUT2D eigenvalue weighted by Crippen LogP contribution is -2.17. The summed E-state index contributed by atoms with van der Waals surface area (Å²) in [5, 5.41) is 14.7. The number of carbonyl (C=O) groups is 1. The first-order chi connectivity index (χ1) is 14.8. The van der Waals surface area contributed by atoms with E-state index in [1.165, 1.54) is 42.6 Å². The Morgan fingerprint density at radius 2 is 1.71 bits per heavy atom. The number of hydrogen-bond acceptors (Lipinski definition) is 5. The molecule has 1 amide bonds. The monoisotopic (exact) mass is 645 g/mol. The summed E-state index contributed by atoms with van der Waals surface area (Å²) in [5.74, 6) is -0.171. The first-order valence-electron chi connectivity index (χ1n) is 8.77. The summed E-state index contributed by atoms with van der Waals surface area (Å²) in [6, 6.07) is 15.1. The minimum atomic E-state index is -0.446. The highest BCUT2D eigenvalue weighted by Gasteiger charge is 2.10. The van der Waals surface area contributed by atoms with E-state index in [4.69, 9.17) is 4.74 Å². The van der Waals surface area contributed by atoms with Crippen molar-refractivity contribution in [1.82, 2.24) is 5.43 Å². The smallest absolute Gasteiger partial charge is 0.271 e. The molecule has 0 heterocycles. The van der Waals surface area contributed by atoms with E-state index in [2.05, 4.69) is 55.7 Å². The number of hydrogen-bond donors (Lipinski definition) is 1. The zero-order valence-electron chi connectivity index (χ0n) is 15.7. The van der Waals surface area contributed by atoms with Gasteiger partial charge in [0.15, 0.2) is 0 Å². The lowest BCUT2D eigenvalue weighted by Gasteiger charge is -2.11. The highest BCUT2D eigenvalue weighted by molar-refractivity contribution is 14.1. The van der Waals surface area contributed by atoms with Gasteiger partial charge in [-0.15, -0.1) is 0 Å². The Balaban J connectivity index is 1.62. The molecule has 158 valence electrons. The summed E-state index contributed by atoms with van der Waals surface area (Å²) in [5.41, 5.74) is 4.31. The molecule has 31 heavy (non-hydrogen) atoms. The molecular weight excluding hydrogens is 631 g/mol. The van der Waals surface area contributed by atoms with E-state index in [1.807, 2.05) is 12.1 Å². The van der Waals surface area contributed by atoms with E-state index in [0.717, 1.165) is 18.3 Å². The van der Waals surface area contributed by atoms with Crippen LogP contribution in [0.3, 0.4) is 0 Å². The van der Waals surface area contributed by atoms with Crippen LogP contribution < -0.4 is 10.2 Å². The van der Waals surface area contributed by atoms with Crippen molar-refractivity contribution in [2.45, 2.75) is 6.61 Å². The zero-order chi connectivity index (χ0) is 22.4. The van der Waals surface area contributed by atoms with Crippen molar-refractivity contribution in [2.24, 2.45) is 5.10 Å². The standard InChI is InChI=1S/C21H14FI2N3O4/c22-16-5-3-15(4-6-16)21(28)26-25-11-14-9-18(23)20(19(24)10-14)31-12-13-1-7-17(8-2-13)27(29)30/h1-11H,12H2,(H,26,28)/b25-11-. The van der Waals surface area contributed by atoms with Gasteiger partial charge in [-0.3, -0.25) is 14.9 Å². The van der Waals surface area contributed by atoms with Gasteiger partial charge in [0, 0.05) is 17.7 Å². The molecule has 0 saturated heterocycles. The number of non-ortho nitro benzene ring substituents is 1. The number of amides is 1. The summed E-state index contributed by atoms with van der Waals surface area (Å²) in [7, 11) is 0. The van der Waals surface area contributed by atoms with Crippen LogP contribution >= 0.6 is 45.2 Å². The number of nitro groups is 1. The van der Waals surface area contributed by atoms with Crippen molar-refractivity contribution >= 4 is 63.0 Å². The fourth-order valence-electron chi connectivity index (χ4n) is 2.49. The average molecular weight is 645 g/mol. The molecule has 0 saturated carbocycles. The minimum absolute atomic E-state index is 0.0306. The Labute approximate surface area is 204 Å². The third-order valence-corrected chi connectivity index (χ3v) is 5.64. The second kappa shape index (κ2) is 10.6. The summed E-state index contributed by atoms with van der Waals surface area (Å²) in [6.07, 6.45) is 1.51. The number of hydrazone groups is 1. The van der Waals surface area contributed by atoms with Crippen LogP contribution in [0.1, 0.15) is 21.5 Å². The summed E-state index contributed by atoms with van der Waals surface area (Å²) in [6.45, 7) is 0.269. The first kappa shape index (κ1) is 23.1. The van der Waals surface area contributed by atoms with E-state index in [-0.39, 0.29) is 12.3 Å². The van der Waals surface area contributed by atoms with E-state index in [9.17, 15) is 19.3 Å². The molecule has 0 aliphatic heterocycles. The quantitative estimate of drug-likeness (QED) is 0.164. The van der Waals surface area contributed by atoms with E-state index < -0.39 is 16.6 Å². The lowest BCUT2D eigenvalue weighted by atomic mass is 10.2. The number of nitrogens with one attached hydrogen (secondary N) is 1. The zero-order valence-corrected chi connectivity index (χ0v) is 20.0. The van der Waals surface area contributed by atoms with Gasteiger partial charge in [0.05, 0.1) is 18.3 Å². The maximum absolute atomic E-state index is 12.9. The Bertz CT molecular complexity index is 1110. The lowest BCUT2D eigenvalue weighted by molar-refractivity contribution is -0.384. The average Bonchev–Trinajstić information content (AvgIpc) is 2.74. The molecular formula is C21H14FI2N3O4. The molecule has 10 heteroatoms. The van der Waals surface area contributed by atoms with E-state index in [1.54, 1.807) is 12.1 Å². The molecule has 0 spiro atoms. The Hall–Kier alpha value is -2.61. The topological polar surface area (TPSA) is 93.8 Å². The first-order valence-corrected chi connectivity index (χ1v) is 10.9. The van der Waals surface area contributed by atoms with Crippen molar-refractivity contribution in [3.8, 4) is 5.75 Å². The molecule has 0 aliphatic carbocycles. The highest BCUT2D eigenvalue weighted by atomic mass is 127. The van der Waals surface area contributed by atoms with Crippen LogP contribution in [0.2, 0.25) is 0 Å². The molecule has 0 bridgehead atoms.